The van der Waals surface area contributed by atoms with Gasteiger partial charge in [-0.25, -0.2) is 18.7 Å². The maximum Gasteiger partial charge on any atom is 0.232 e. The molecule has 5 rings (SSSR count). The van der Waals surface area contributed by atoms with Gasteiger partial charge in [-0.05, 0) is 47.9 Å². The first-order chi connectivity index (χ1) is 14.3. The summed E-state index contributed by atoms with van der Waals surface area (Å²) < 4.78 is 28.7. The van der Waals surface area contributed by atoms with E-state index in [1.165, 1.54) is 24.4 Å². The fourth-order valence-corrected chi connectivity index (χ4v) is 5.69. The van der Waals surface area contributed by atoms with E-state index >= 15 is 0 Å². The lowest BCUT2D eigenvalue weighted by Gasteiger charge is -2.37. The number of aromatic nitrogens is 4. The van der Waals surface area contributed by atoms with Crippen molar-refractivity contribution in [2.75, 3.05) is 0 Å². The van der Waals surface area contributed by atoms with E-state index < -0.39 is 17.0 Å². The highest BCUT2D eigenvalue weighted by Gasteiger charge is 2.65. The highest BCUT2D eigenvalue weighted by Crippen LogP contribution is 2.70. The molecule has 0 amide bonds. The van der Waals surface area contributed by atoms with Crippen LogP contribution in [-0.2, 0) is 5.41 Å². The summed E-state index contributed by atoms with van der Waals surface area (Å²) in [5.41, 5.74) is 1.14. The molecule has 150 valence electrons. The van der Waals surface area contributed by atoms with E-state index in [4.69, 9.17) is 11.6 Å². The van der Waals surface area contributed by atoms with Crippen LogP contribution in [0, 0.1) is 28.4 Å². The molecule has 8 heteroatoms. The standard InChI is InChI=1S/C22H16ClF2N5/c1-21(2)12-6-7-22(21,20-13(23)10-27-17(9-26)28-20)19-11(12)8-16(29-30-19)18-14(24)4-3-5-15(18)25/h3-5,8,10,12H,6-7H2,1-2H3/t12-,22+/m1/s1. The summed E-state index contributed by atoms with van der Waals surface area (Å²) in [4.78, 5) is 8.42. The van der Waals surface area contributed by atoms with Crippen LogP contribution in [0.25, 0.3) is 11.3 Å². The van der Waals surface area contributed by atoms with Crippen LogP contribution in [0.2, 0.25) is 5.02 Å². The van der Waals surface area contributed by atoms with E-state index in [9.17, 15) is 14.0 Å². The van der Waals surface area contributed by atoms with Gasteiger partial charge in [-0.3, -0.25) is 0 Å². The molecule has 2 aliphatic carbocycles. The third kappa shape index (κ3) is 2.25. The molecule has 0 N–H and O–H groups in total. The third-order valence-electron chi connectivity index (χ3n) is 6.85. The van der Waals surface area contributed by atoms with Crippen molar-refractivity contribution < 1.29 is 8.78 Å². The predicted molar refractivity (Wildman–Crippen MR) is 106 cm³/mol. The summed E-state index contributed by atoms with van der Waals surface area (Å²) in [5.74, 6) is -1.24. The minimum absolute atomic E-state index is 0.0366. The second kappa shape index (κ2) is 6.26. The molecule has 0 spiro atoms. The molecule has 1 saturated carbocycles. The number of hydrogen-bond donors (Lipinski definition) is 0. The number of nitrogens with zero attached hydrogens (tertiary/aromatic N) is 5. The molecule has 0 radical (unpaired) electrons. The number of rotatable bonds is 2. The number of hydrogen-bond acceptors (Lipinski definition) is 5. The van der Waals surface area contributed by atoms with Gasteiger partial charge in [0.25, 0.3) is 0 Å². The van der Waals surface area contributed by atoms with Crippen LogP contribution in [0.4, 0.5) is 8.78 Å². The van der Waals surface area contributed by atoms with Gasteiger partial charge >= 0.3 is 0 Å². The van der Waals surface area contributed by atoms with Crippen molar-refractivity contribution in [2.24, 2.45) is 5.41 Å². The first kappa shape index (κ1) is 19.0. The summed E-state index contributed by atoms with van der Waals surface area (Å²) in [6, 6.07) is 7.43. The Bertz CT molecular complexity index is 1230. The van der Waals surface area contributed by atoms with Crippen LogP contribution in [0.3, 0.4) is 0 Å². The fraction of sp³-hybridized carbons (Fsp3) is 0.318. The van der Waals surface area contributed by atoms with Crippen LogP contribution in [0.15, 0.2) is 30.5 Å². The lowest BCUT2D eigenvalue weighted by molar-refractivity contribution is 0.242. The largest absolute Gasteiger partial charge is 0.232 e. The average molecular weight is 424 g/mol. The van der Waals surface area contributed by atoms with E-state index in [-0.39, 0.29) is 28.4 Å². The van der Waals surface area contributed by atoms with Crippen molar-refractivity contribution >= 4 is 11.6 Å². The van der Waals surface area contributed by atoms with Crippen LogP contribution < -0.4 is 0 Å². The van der Waals surface area contributed by atoms with Crippen LogP contribution in [-0.4, -0.2) is 20.2 Å². The molecule has 0 aliphatic heterocycles. The molecule has 2 aromatic heterocycles. The molecular weight excluding hydrogens is 408 g/mol. The van der Waals surface area contributed by atoms with Crippen molar-refractivity contribution in [2.45, 2.75) is 38.0 Å². The van der Waals surface area contributed by atoms with E-state index in [2.05, 4.69) is 34.0 Å². The zero-order valence-corrected chi connectivity index (χ0v) is 17.0. The summed E-state index contributed by atoms with van der Waals surface area (Å²) in [5, 5.41) is 18.3. The number of halogens is 3. The topological polar surface area (TPSA) is 75.3 Å². The van der Waals surface area contributed by atoms with E-state index in [1.807, 2.05) is 6.07 Å². The second-order valence-electron chi connectivity index (χ2n) is 8.35. The zero-order valence-electron chi connectivity index (χ0n) is 16.2. The summed E-state index contributed by atoms with van der Waals surface area (Å²) in [7, 11) is 0. The Morgan fingerprint density at radius 2 is 1.90 bits per heavy atom. The Morgan fingerprint density at radius 1 is 1.17 bits per heavy atom. The molecule has 5 nitrogen and oxygen atoms in total. The first-order valence-corrected chi connectivity index (χ1v) is 9.94. The molecule has 2 aliphatic rings. The van der Waals surface area contributed by atoms with Gasteiger partial charge in [0, 0.05) is 0 Å². The van der Waals surface area contributed by atoms with Crippen LogP contribution in [0.1, 0.15) is 55.4 Å². The number of fused-ring (bicyclic) bond motifs is 5. The zero-order chi connectivity index (χ0) is 21.3. The molecule has 2 atom stereocenters. The summed E-state index contributed by atoms with van der Waals surface area (Å²) in [6.45, 7) is 4.22. The molecule has 3 aromatic rings. The van der Waals surface area contributed by atoms with Gasteiger partial charge in [-0.15, -0.1) is 5.10 Å². The molecule has 1 fully saturated rings. The molecule has 0 saturated heterocycles. The predicted octanol–water partition coefficient (Wildman–Crippen LogP) is 4.94. The number of nitriles is 1. The Labute approximate surface area is 176 Å². The van der Waals surface area contributed by atoms with Crippen LogP contribution >= 0.6 is 11.6 Å². The van der Waals surface area contributed by atoms with Gasteiger partial charge < -0.3 is 0 Å². The smallest absolute Gasteiger partial charge is 0.226 e. The molecule has 2 bridgehead atoms. The van der Waals surface area contributed by atoms with Crippen molar-refractivity contribution in [3.05, 3.63) is 69.9 Å². The van der Waals surface area contributed by atoms with Crippen LogP contribution in [0.5, 0.6) is 0 Å². The van der Waals surface area contributed by atoms with Crippen molar-refractivity contribution in [1.82, 2.24) is 20.2 Å². The quantitative estimate of drug-likeness (QED) is 0.583. The molecule has 0 unspecified atom stereocenters. The van der Waals surface area contributed by atoms with Gasteiger partial charge in [0.05, 0.1) is 39.3 Å². The molecular formula is C22H16ClF2N5. The van der Waals surface area contributed by atoms with E-state index in [1.54, 1.807) is 6.07 Å². The van der Waals surface area contributed by atoms with Crippen molar-refractivity contribution in [3.8, 4) is 17.3 Å². The lowest BCUT2D eigenvalue weighted by atomic mass is 9.66. The normalized spacial score (nSPS) is 23.3. The highest BCUT2D eigenvalue weighted by molar-refractivity contribution is 6.31. The van der Waals surface area contributed by atoms with Crippen molar-refractivity contribution in [1.29, 1.82) is 5.26 Å². The maximum atomic E-state index is 14.3. The first-order valence-electron chi connectivity index (χ1n) is 9.57. The van der Waals surface area contributed by atoms with Crippen molar-refractivity contribution in [3.63, 3.8) is 0 Å². The minimum Gasteiger partial charge on any atom is -0.226 e. The van der Waals surface area contributed by atoms with E-state index in [0.717, 1.165) is 18.4 Å². The Kier molecular flexibility index (Phi) is 3.97. The SMILES string of the molecule is CC1(C)[C@@H]2CC[C@@]1(c1nc(C#N)ncc1Cl)c1nnc(-c3c(F)cccc3F)cc12. The highest BCUT2D eigenvalue weighted by atomic mass is 35.5. The minimum atomic E-state index is -0.682. The molecule has 30 heavy (non-hydrogen) atoms. The average Bonchev–Trinajstić information content (AvgIpc) is 3.09. The lowest BCUT2D eigenvalue weighted by Crippen LogP contribution is -2.38. The molecule has 2 heterocycles. The Hall–Kier alpha value is -2.98. The number of benzene rings is 1. The van der Waals surface area contributed by atoms with Gasteiger partial charge in [0.1, 0.15) is 17.7 Å². The fourth-order valence-electron chi connectivity index (χ4n) is 5.43. The third-order valence-corrected chi connectivity index (χ3v) is 7.13. The monoisotopic (exact) mass is 423 g/mol. The van der Waals surface area contributed by atoms with Gasteiger partial charge in [-0.2, -0.15) is 10.4 Å². The Morgan fingerprint density at radius 3 is 2.60 bits per heavy atom. The second-order valence-corrected chi connectivity index (χ2v) is 8.76. The summed E-state index contributed by atoms with van der Waals surface area (Å²) >= 11 is 6.50. The molecule has 1 aromatic carbocycles. The Balaban J connectivity index is 1.76. The van der Waals surface area contributed by atoms with Gasteiger partial charge in [0.2, 0.25) is 5.82 Å². The van der Waals surface area contributed by atoms with E-state index in [0.29, 0.717) is 16.4 Å². The van der Waals surface area contributed by atoms with Gasteiger partial charge in [0.15, 0.2) is 0 Å². The summed E-state index contributed by atoms with van der Waals surface area (Å²) in [6.07, 6.45) is 3.02. The van der Waals surface area contributed by atoms with Gasteiger partial charge in [-0.1, -0.05) is 31.5 Å². The maximum absolute atomic E-state index is 14.3.